The lowest BCUT2D eigenvalue weighted by Crippen LogP contribution is -3.15. The zero-order valence-electron chi connectivity index (χ0n) is 17.2. The lowest BCUT2D eigenvalue weighted by Gasteiger charge is -2.33. The first kappa shape index (κ1) is 21.6. The molecule has 0 bridgehead atoms. The molecule has 150 valence electrons. The minimum absolute atomic E-state index is 0.0824. The van der Waals surface area contributed by atoms with E-state index in [9.17, 15) is 4.79 Å². The number of hydrogen-bond acceptors (Lipinski definition) is 2. The second-order valence-electron chi connectivity index (χ2n) is 7.75. The van der Waals surface area contributed by atoms with E-state index in [-0.39, 0.29) is 5.91 Å². The first-order chi connectivity index (χ1) is 12.9. The van der Waals surface area contributed by atoms with Crippen LogP contribution >= 0.6 is 12.2 Å². The molecule has 1 fully saturated rings. The summed E-state index contributed by atoms with van der Waals surface area (Å²) < 4.78 is 0. The smallest absolute Gasteiger partial charge is 0.279 e. The molecule has 0 unspecified atom stereocenters. The van der Waals surface area contributed by atoms with Gasteiger partial charge in [-0.2, -0.15) is 0 Å². The van der Waals surface area contributed by atoms with Gasteiger partial charge in [-0.1, -0.05) is 12.1 Å². The predicted octanol–water partition coefficient (Wildman–Crippen LogP) is -1.15. The van der Waals surface area contributed by atoms with Gasteiger partial charge in [0, 0.05) is 18.7 Å². The van der Waals surface area contributed by atoms with Gasteiger partial charge in [0.15, 0.2) is 11.7 Å². The van der Waals surface area contributed by atoms with Crippen LogP contribution in [-0.2, 0) is 4.79 Å². The fraction of sp³-hybridized carbons (Fsp3) is 0.600. The number of anilines is 1. The minimum atomic E-state index is 0.0824. The molecule has 0 saturated carbocycles. The van der Waals surface area contributed by atoms with Crippen LogP contribution in [-0.4, -0.2) is 75.8 Å². The SMILES string of the molecule is Cc1cccc(NC(=O)C[NH+]2CCN(C(=S)NCCC[NH+](C)C)CC2)c1C. The van der Waals surface area contributed by atoms with E-state index in [1.807, 2.05) is 19.1 Å². The lowest BCUT2D eigenvalue weighted by atomic mass is 10.1. The first-order valence-electron chi connectivity index (χ1n) is 9.88. The number of nitrogens with zero attached hydrogens (tertiary/aromatic N) is 1. The molecule has 1 amide bonds. The number of amides is 1. The van der Waals surface area contributed by atoms with Crippen molar-refractivity contribution in [2.45, 2.75) is 20.3 Å². The van der Waals surface area contributed by atoms with Gasteiger partial charge in [-0.15, -0.1) is 0 Å². The molecule has 0 spiro atoms. The maximum atomic E-state index is 12.4. The van der Waals surface area contributed by atoms with Crippen molar-refractivity contribution >= 4 is 28.9 Å². The third kappa shape index (κ3) is 7.08. The largest absolute Gasteiger partial charge is 0.362 e. The highest BCUT2D eigenvalue weighted by atomic mass is 32.1. The van der Waals surface area contributed by atoms with Gasteiger partial charge in [-0.25, -0.2) is 0 Å². The van der Waals surface area contributed by atoms with Crippen molar-refractivity contribution in [3.8, 4) is 0 Å². The summed E-state index contributed by atoms with van der Waals surface area (Å²) in [5.41, 5.74) is 3.25. The van der Waals surface area contributed by atoms with Gasteiger partial charge in [0.05, 0.1) is 46.8 Å². The number of carbonyl (C=O) groups is 1. The van der Waals surface area contributed by atoms with Crippen molar-refractivity contribution in [3.63, 3.8) is 0 Å². The molecule has 1 aromatic rings. The van der Waals surface area contributed by atoms with E-state index in [2.05, 4.69) is 42.6 Å². The summed E-state index contributed by atoms with van der Waals surface area (Å²) in [4.78, 5) is 17.4. The second kappa shape index (κ2) is 10.6. The summed E-state index contributed by atoms with van der Waals surface area (Å²) in [6, 6.07) is 6.01. The Balaban J connectivity index is 1.70. The van der Waals surface area contributed by atoms with Gasteiger partial charge in [0.2, 0.25) is 0 Å². The van der Waals surface area contributed by atoms with Gasteiger partial charge in [-0.05, 0) is 43.3 Å². The maximum Gasteiger partial charge on any atom is 0.279 e. The highest BCUT2D eigenvalue weighted by molar-refractivity contribution is 7.80. The second-order valence-corrected chi connectivity index (χ2v) is 8.14. The van der Waals surface area contributed by atoms with E-state index in [0.717, 1.165) is 62.1 Å². The Bertz CT molecular complexity index is 641. The Morgan fingerprint density at radius 1 is 1.26 bits per heavy atom. The zero-order chi connectivity index (χ0) is 19.8. The van der Waals surface area contributed by atoms with Crippen LogP contribution in [0.25, 0.3) is 0 Å². The van der Waals surface area contributed by atoms with Crippen LogP contribution < -0.4 is 20.4 Å². The van der Waals surface area contributed by atoms with Crippen LogP contribution in [0.1, 0.15) is 17.5 Å². The quantitative estimate of drug-likeness (QED) is 0.349. The third-order valence-electron chi connectivity index (χ3n) is 5.18. The topological polar surface area (TPSA) is 53.2 Å². The average molecular weight is 394 g/mol. The summed E-state index contributed by atoms with van der Waals surface area (Å²) >= 11 is 5.51. The van der Waals surface area contributed by atoms with Crippen molar-refractivity contribution in [1.29, 1.82) is 0 Å². The van der Waals surface area contributed by atoms with Crippen LogP contribution in [0.3, 0.4) is 0 Å². The number of quaternary nitrogens is 2. The van der Waals surface area contributed by atoms with Gasteiger partial charge in [0.25, 0.3) is 5.91 Å². The number of benzene rings is 1. The van der Waals surface area contributed by atoms with Gasteiger partial charge in [0.1, 0.15) is 0 Å². The van der Waals surface area contributed by atoms with Crippen molar-refractivity contribution in [1.82, 2.24) is 10.2 Å². The van der Waals surface area contributed by atoms with E-state index < -0.39 is 0 Å². The van der Waals surface area contributed by atoms with Crippen molar-refractivity contribution in [3.05, 3.63) is 29.3 Å². The van der Waals surface area contributed by atoms with Crippen LogP contribution in [0.5, 0.6) is 0 Å². The van der Waals surface area contributed by atoms with Crippen LogP contribution in [0.15, 0.2) is 18.2 Å². The van der Waals surface area contributed by atoms with Crippen LogP contribution in [0.2, 0.25) is 0 Å². The predicted molar refractivity (Wildman–Crippen MR) is 115 cm³/mol. The fourth-order valence-electron chi connectivity index (χ4n) is 3.26. The molecule has 1 aromatic carbocycles. The van der Waals surface area contributed by atoms with Crippen LogP contribution in [0.4, 0.5) is 5.69 Å². The molecule has 1 aliphatic rings. The van der Waals surface area contributed by atoms with E-state index in [1.165, 1.54) is 15.4 Å². The van der Waals surface area contributed by atoms with E-state index in [0.29, 0.717) is 6.54 Å². The molecule has 2 rings (SSSR count). The molecule has 1 heterocycles. The Hall–Kier alpha value is -1.70. The monoisotopic (exact) mass is 393 g/mol. The van der Waals surface area contributed by atoms with Crippen LogP contribution in [0, 0.1) is 13.8 Å². The number of rotatable bonds is 7. The number of carbonyl (C=O) groups excluding carboxylic acids is 1. The summed E-state index contributed by atoms with van der Waals surface area (Å²) in [7, 11) is 4.33. The number of nitrogens with one attached hydrogen (secondary N) is 4. The minimum Gasteiger partial charge on any atom is -0.362 e. The molecule has 0 radical (unpaired) electrons. The molecular formula is C20H35N5OS+2. The van der Waals surface area contributed by atoms with Crippen molar-refractivity contribution in [2.24, 2.45) is 0 Å². The highest BCUT2D eigenvalue weighted by Crippen LogP contribution is 2.17. The summed E-state index contributed by atoms with van der Waals surface area (Å²) in [6.07, 6.45) is 1.12. The zero-order valence-corrected chi connectivity index (χ0v) is 18.0. The molecule has 1 saturated heterocycles. The summed E-state index contributed by atoms with van der Waals surface area (Å²) in [5, 5.41) is 7.27. The molecule has 7 heteroatoms. The summed E-state index contributed by atoms with van der Waals surface area (Å²) in [6.45, 7) is 10.4. The Labute approximate surface area is 168 Å². The van der Waals surface area contributed by atoms with Crippen molar-refractivity contribution < 1.29 is 14.6 Å². The van der Waals surface area contributed by atoms with Gasteiger partial charge in [-0.3, -0.25) is 4.79 Å². The molecule has 1 aliphatic heterocycles. The number of piperazine rings is 1. The van der Waals surface area contributed by atoms with Gasteiger partial charge < -0.3 is 25.3 Å². The normalized spacial score (nSPS) is 15.1. The Morgan fingerprint density at radius 3 is 2.63 bits per heavy atom. The van der Waals surface area contributed by atoms with E-state index in [4.69, 9.17) is 12.2 Å². The third-order valence-corrected chi connectivity index (χ3v) is 5.58. The molecule has 6 nitrogen and oxygen atoms in total. The molecule has 0 atom stereocenters. The Morgan fingerprint density at radius 2 is 1.96 bits per heavy atom. The first-order valence-corrected chi connectivity index (χ1v) is 10.3. The molecular weight excluding hydrogens is 358 g/mol. The molecule has 27 heavy (non-hydrogen) atoms. The Kier molecular flexibility index (Phi) is 8.47. The van der Waals surface area contributed by atoms with Gasteiger partial charge >= 0.3 is 0 Å². The van der Waals surface area contributed by atoms with Crippen molar-refractivity contribution in [2.75, 3.05) is 65.2 Å². The summed E-state index contributed by atoms with van der Waals surface area (Å²) in [5.74, 6) is 0.0824. The van der Waals surface area contributed by atoms with E-state index in [1.54, 1.807) is 0 Å². The number of hydrogen-bond donors (Lipinski definition) is 4. The fourth-order valence-corrected chi connectivity index (χ4v) is 3.54. The molecule has 0 aliphatic carbocycles. The lowest BCUT2D eigenvalue weighted by molar-refractivity contribution is -0.895. The highest BCUT2D eigenvalue weighted by Gasteiger charge is 2.23. The standard InChI is InChI=1S/C20H33N5OS/c1-16-7-5-8-18(17(16)2)22-19(26)15-24-11-13-25(14-12-24)20(27)21-9-6-10-23(3)4/h5,7-8H,6,9-15H2,1-4H3,(H,21,27)(H,22,26)/p+2. The number of thiocarbonyl (C=S) groups is 1. The molecule has 4 N–H and O–H groups in total. The van der Waals surface area contributed by atoms with E-state index >= 15 is 0 Å². The molecule has 0 aromatic heterocycles. The average Bonchev–Trinajstić information content (AvgIpc) is 2.63. The number of aryl methyl sites for hydroxylation is 1. The maximum absolute atomic E-state index is 12.4.